The molecular weight excluding hydrogens is 136 g/mol. The highest BCUT2D eigenvalue weighted by atomic mass is 16.3. The molecule has 0 spiro atoms. The van der Waals surface area contributed by atoms with E-state index in [0.717, 1.165) is 5.57 Å². The predicted molar refractivity (Wildman–Crippen MR) is 47.0 cm³/mol. The van der Waals surface area contributed by atoms with E-state index in [0.29, 0.717) is 0 Å². The van der Waals surface area contributed by atoms with Gasteiger partial charge in [-0.25, -0.2) is 0 Å². The first-order valence-corrected chi connectivity index (χ1v) is 3.55. The van der Waals surface area contributed by atoms with Gasteiger partial charge >= 0.3 is 0 Å². The Labute approximate surface area is 68.4 Å². The SMILES string of the molecule is CC(C)=C=CC#CC(C)(C)O. The van der Waals surface area contributed by atoms with Crippen LogP contribution < -0.4 is 0 Å². The minimum Gasteiger partial charge on any atom is -0.378 e. The zero-order valence-corrected chi connectivity index (χ0v) is 7.52. The number of allylic oxidation sites excluding steroid dienone is 1. The Morgan fingerprint density at radius 3 is 2.27 bits per heavy atom. The van der Waals surface area contributed by atoms with Gasteiger partial charge in [0.2, 0.25) is 0 Å². The van der Waals surface area contributed by atoms with Crippen molar-refractivity contribution in [3.8, 4) is 11.8 Å². The van der Waals surface area contributed by atoms with E-state index in [2.05, 4.69) is 17.6 Å². The molecule has 0 saturated heterocycles. The second-order valence-electron chi connectivity index (χ2n) is 3.12. The molecule has 0 aliphatic rings. The molecule has 0 heterocycles. The lowest BCUT2D eigenvalue weighted by Crippen LogP contribution is -2.14. The molecular formula is C10H14O. The van der Waals surface area contributed by atoms with Crippen molar-refractivity contribution in [1.82, 2.24) is 0 Å². The normalized spacial score (nSPS) is 9.18. The molecule has 0 radical (unpaired) electrons. The molecule has 0 fully saturated rings. The summed E-state index contributed by atoms with van der Waals surface area (Å²) in [6.07, 6.45) is 1.62. The summed E-state index contributed by atoms with van der Waals surface area (Å²) < 4.78 is 0. The number of aliphatic hydroxyl groups is 1. The molecule has 0 aromatic carbocycles. The number of rotatable bonds is 0. The molecule has 1 nitrogen and oxygen atoms in total. The van der Waals surface area contributed by atoms with E-state index >= 15 is 0 Å². The summed E-state index contributed by atoms with van der Waals surface area (Å²) in [5.41, 5.74) is 3.10. The Morgan fingerprint density at radius 2 is 1.91 bits per heavy atom. The van der Waals surface area contributed by atoms with Crippen molar-refractivity contribution < 1.29 is 5.11 Å². The van der Waals surface area contributed by atoms with E-state index in [4.69, 9.17) is 5.11 Å². The molecule has 0 saturated carbocycles. The van der Waals surface area contributed by atoms with Crippen molar-refractivity contribution in [2.24, 2.45) is 0 Å². The second-order valence-corrected chi connectivity index (χ2v) is 3.12. The molecule has 0 aromatic heterocycles. The fourth-order valence-electron chi connectivity index (χ4n) is 0.393. The molecule has 1 heteroatoms. The van der Waals surface area contributed by atoms with E-state index in [1.54, 1.807) is 19.9 Å². The quantitative estimate of drug-likeness (QED) is 0.413. The Bertz CT molecular complexity index is 232. The maximum Gasteiger partial charge on any atom is 0.120 e. The highest BCUT2D eigenvalue weighted by Gasteiger charge is 2.04. The van der Waals surface area contributed by atoms with Gasteiger partial charge in [-0.2, -0.15) is 0 Å². The first kappa shape index (κ1) is 10.0. The van der Waals surface area contributed by atoms with Gasteiger partial charge < -0.3 is 5.11 Å². The monoisotopic (exact) mass is 150 g/mol. The third-order valence-electron chi connectivity index (χ3n) is 0.811. The lowest BCUT2D eigenvalue weighted by Gasteiger charge is -2.04. The van der Waals surface area contributed by atoms with Crippen molar-refractivity contribution in [2.75, 3.05) is 0 Å². The third-order valence-corrected chi connectivity index (χ3v) is 0.811. The lowest BCUT2D eigenvalue weighted by atomic mass is 10.1. The van der Waals surface area contributed by atoms with Crippen LogP contribution in [0.2, 0.25) is 0 Å². The van der Waals surface area contributed by atoms with E-state index < -0.39 is 5.60 Å². The van der Waals surface area contributed by atoms with Crippen LogP contribution in [-0.4, -0.2) is 10.7 Å². The van der Waals surface area contributed by atoms with E-state index in [-0.39, 0.29) is 0 Å². The van der Waals surface area contributed by atoms with Crippen LogP contribution in [0.3, 0.4) is 0 Å². The molecule has 0 unspecified atom stereocenters. The van der Waals surface area contributed by atoms with Crippen LogP contribution in [0, 0.1) is 11.8 Å². The van der Waals surface area contributed by atoms with Gasteiger partial charge in [-0.05, 0) is 33.3 Å². The average Bonchev–Trinajstić information content (AvgIpc) is 1.78. The van der Waals surface area contributed by atoms with E-state index in [9.17, 15) is 0 Å². The second kappa shape index (κ2) is 4.03. The largest absolute Gasteiger partial charge is 0.378 e. The van der Waals surface area contributed by atoms with Crippen LogP contribution in [0.4, 0.5) is 0 Å². The maximum atomic E-state index is 9.15. The fourth-order valence-corrected chi connectivity index (χ4v) is 0.393. The van der Waals surface area contributed by atoms with Gasteiger partial charge in [0, 0.05) is 6.08 Å². The van der Waals surface area contributed by atoms with E-state index in [1.807, 2.05) is 13.8 Å². The van der Waals surface area contributed by atoms with Crippen LogP contribution in [0.1, 0.15) is 27.7 Å². The van der Waals surface area contributed by atoms with Crippen LogP contribution >= 0.6 is 0 Å². The number of hydrogen-bond donors (Lipinski definition) is 1. The predicted octanol–water partition coefficient (Wildman–Crippen LogP) is 1.88. The first-order chi connectivity index (χ1) is 4.92. The minimum atomic E-state index is -0.903. The molecule has 0 aliphatic carbocycles. The third kappa shape index (κ3) is 9.04. The van der Waals surface area contributed by atoms with Gasteiger partial charge in [-0.3, -0.25) is 0 Å². The highest BCUT2D eigenvalue weighted by molar-refractivity contribution is 5.21. The first-order valence-electron chi connectivity index (χ1n) is 3.55. The highest BCUT2D eigenvalue weighted by Crippen LogP contribution is 1.95. The van der Waals surface area contributed by atoms with Gasteiger partial charge in [-0.1, -0.05) is 11.8 Å². The van der Waals surface area contributed by atoms with Gasteiger partial charge in [0.25, 0.3) is 0 Å². The summed E-state index contributed by atoms with van der Waals surface area (Å²) >= 11 is 0. The molecule has 0 bridgehead atoms. The zero-order valence-electron chi connectivity index (χ0n) is 7.52. The molecule has 1 N–H and O–H groups in total. The number of hydrogen-bond acceptors (Lipinski definition) is 1. The van der Waals surface area contributed by atoms with Gasteiger partial charge in [-0.15, -0.1) is 5.73 Å². The van der Waals surface area contributed by atoms with Gasteiger partial charge in [0.15, 0.2) is 0 Å². The molecule has 0 aromatic rings. The minimum absolute atomic E-state index is 0.903. The fraction of sp³-hybridized carbons (Fsp3) is 0.500. The van der Waals surface area contributed by atoms with Crippen molar-refractivity contribution in [1.29, 1.82) is 0 Å². The van der Waals surface area contributed by atoms with Crippen molar-refractivity contribution in [2.45, 2.75) is 33.3 Å². The summed E-state index contributed by atoms with van der Waals surface area (Å²) in [6, 6.07) is 0. The lowest BCUT2D eigenvalue weighted by molar-refractivity contribution is 0.143. The molecule has 11 heavy (non-hydrogen) atoms. The van der Waals surface area contributed by atoms with Crippen molar-refractivity contribution >= 4 is 0 Å². The van der Waals surface area contributed by atoms with Crippen LogP contribution in [0.15, 0.2) is 17.4 Å². The average molecular weight is 150 g/mol. The maximum absolute atomic E-state index is 9.15. The smallest absolute Gasteiger partial charge is 0.120 e. The van der Waals surface area contributed by atoms with Crippen LogP contribution in [0.25, 0.3) is 0 Å². The van der Waals surface area contributed by atoms with E-state index in [1.165, 1.54) is 0 Å². The Hall–Kier alpha value is -0.960. The molecule has 60 valence electrons. The Balaban J connectivity index is 4.25. The van der Waals surface area contributed by atoms with Crippen molar-refractivity contribution in [3.63, 3.8) is 0 Å². The molecule has 0 aliphatic heterocycles. The van der Waals surface area contributed by atoms with Crippen molar-refractivity contribution in [3.05, 3.63) is 17.4 Å². The van der Waals surface area contributed by atoms with Gasteiger partial charge in [0.05, 0.1) is 0 Å². The zero-order chi connectivity index (χ0) is 8.91. The molecule has 0 atom stereocenters. The summed E-state index contributed by atoms with van der Waals surface area (Å²) in [4.78, 5) is 0. The Kier molecular flexibility index (Phi) is 3.68. The summed E-state index contributed by atoms with van der Waals surface area (Å²) in [5.74, 6) is 5.35. The standard InChI is InChI=1S/C10H14O/c1-9(2)7-5-6-8-10(3,4)11/h5,11H,1-4H3. The van der Waals surface area contributed by atoms with Gasteiger partial charge in [0.1, 0.15) is 5.60 Å². The Morgan fingerprint density at radius 1 is 1.36 bits per heavy atom. The summed E-state index contributed by atoms with van der Waals surface area (Å²) in [6.45, 7) is 7.19. The molecule has 0 amide bonds. The van der Waals surface area contributed by atoms with Crippen LogP contribution in [-0.2, 0) is 0 Å². The summed E-state index contributed by atoms with van der Waals surface area (Å²) in [5, 5.41) is 9.15. The molecule has 0 rings (SSSR count). The summed E-state index contributed by atoms with van der Waals surface area (Å²) in [7, 11) is 0. The topological polar surface area (TPSA) is 20.2 Å². The van der Waals surface area contributed by atoms with Crippen LogP contribution in [0.5, 0.6) is 0 Å².